The fraction of sp³-hybridized carbons (Fsp3) is 0.923. The number of aliphatic hydroxyl groups is 1. The van der Waals surface area contributed by atoms with E-state index in [0.29, 0.717) is 6.42 Å². The molecule has 0 aliphatic heterocycles. The first-order valence-electron chi connectivity index (χ1n) is 6.72. The Balaban J connectivity index is 2.84. The van der Waals surface area contributed by atoms with Crippen LogP contribution in [-0.2, 0) is 4.79 Å². The summed E-state index contributed by atoms with van der Waals surface area (Å²) in [5.74, 6) is -3.88. The third-order valence-electron chi connectivity index (χ3n) is 4.02. The number of alkyl halides is 3. The van der Waals surface area contributed by atoms with Gasteiger partial charge in [0, 0.05) is 0 Å². The molecule has 0 aromatic rings. The van der Waals surface area contributed by atoms with E-state index in [-0.39, 0.29) is 25.7 Å². The van der Waals surface area contributed by atoms with Crippen LogP contribution in [0.25, 0.3) is 0 Å². The van der Waals surface area contributed by atoms with Crippen LogP contribution in [0.15, 0.2) is 0 Å². The summed E-state index contributed by atoms with van der Waals surface area (Å²) >= 11 is 0. The Hall–Kier alpha value is -0.780. The van der Waals surface area contributed by atoms with E-state index in [9.17, 15) is 23.1 Å². The second kappa shape index (κ2) is 6.11. The molecule has 1 aliphatic rings. The van der Waals surface area contributed by atoms with Gasteiger partial charge >= 0.3 is 12.1 Å². The van der Waals surface area contributed by atoms with E-state index in [2.05, 4.69) is 0 Å². The van der Waals surface area contributed by atoms with E-state index >= 15 is 0 Å². The number of hydrogen-bond acceptors (Lipinski definition) is 2. The fourth-order valence-corrected chi connectivity index (χ4v) is 2.91. The molecule has 0 saturated heterocycles. The van der Waals surface area contributed by atoms with Crippen molar-refractivity contribution in [2.45, 2.75) is 63.6 Å². The number of rotatable bonds is 5. The Morgan fingerprint density at radius 2 is 2.11 bits per heavy atom. The zero-order chi connectivity index (χ0) is 14.7. The van der Waals surface area contributed by atoms with Gasteiger partial charge < -0.3 is 10.2 Å². The molecule has 19 heavy (non-hydrogen) atoms. The van der Waals surface area contributed by atoms with Crippen molar-refractivity contribution in [3.8, 4) is 0 Å². The van der Waals surface area contributed by atoms with Gasteiger partial charge in [0.2, 0.25) is 0 Å². The highest BCUT2D eigenvalue weighted by atomic mass is 19.4. The summed E-state index contributed by atoms with van der Waals surface area (Å²) in [6, 6.07) is 0. The fourth-order valence-electron chi connectivity index (χ4n) is 2.91. The Kier molecular flexibility index (Phi) is 5.24. The highest BCUT2D eigenvalue weighted by molar-refractivity contribution is 5.71. The van der Waals surface area contributed by atoms with Crippen LogP contribution >= 0.6 is 0 Å². The maximum Gasteiger partial charge on any atom is 0.391 e. The van der Waals surface area contributed by atoms with Crippen molar-refractivity contribution in [2.75, 3.05) is 0 Å². The van der Waals surface area contributed by atoms with Gasteiger partial charge in [0.05, 0.1) is 17.4 Å². The monoisotopic (exact) mass is 282 g/mol. The van der Waals surface area contributed by atoms with E-state index in [1.54, 1.807) is 0 Å². The van der Waals surface area contributed by atoms with Crippen molar-refractivity contribution in [3.63, 3.8) is 0 Å². The van der Waals surface area contributed by atoms with Crippen LogP contribution in [0.4, 0.5) is 13.2 Å². The number of carboxylic acid groups (broad SMARTS) is 1. The lowest BCUT2D eigenvalue weighted by atomic mass is 9.69. The zero-order valence-electron chi connectivity index (χ0n) is 11.0. The number of aliphatic carboxylic acids is 1. The minimum absolute atomic E-state index is 0.0219. The molecular formula is C13H21F3O3. The number of carbonyl (C=O) groups is 1. The van der Waals surface area contributed by atoms with Crippen LogP contribution in [0.5, 0.6) is 0 Å². The summed E-state index contributed by atoms with van der Waals surface area (Å²) in [5, 5.41) is 19.5. The molecule has 3 unspecified atom stereocenters. The summed E-state index contributed by atoms with van der Waals surface area (Å²) in [4.78, 5) is 11.2. The van der Waals surface area contributed by atoms with Gasteiger partial charge in [-0.2, -0.15) is 13.2 Å². The van der Waals surface area contributed by atoms with E-state index < -0.39 is 36.0 Å². The molecule has 0 radical (unpaired) electrons. The van der Waals surface area contributed by atoms with Gasteiger partial charge in [0.15, 0.2) is 0 Å². The minimum Gasteiger partial charge on any atom is -0.481 e. The summed E-state index contributed by atoms with van der Waals surface area (Å²) in [6.45, 7) is 1.88. The normalized spacial score (nSPS) is 30.1. The van der Waals surface area contributed by atoms with Crippen LogP contribution in [0, 0.1) is 11.8 Å². The number of carboxylic acids is 1. The highest BCUT2D eigenvalue weighted by Gasteiger charge is 2.51. The maximum atomic E-state index is 12.7. The molecule has 2 N–H and O–H groups in total. The molecule has 0 bridgehead atoms. The molecule has 0 amide bonds. The molecule has 0 spiro atoms. The van der Waals surface area contributed by atoms with Crippen LogP contribution in [0.3, 0.4) is 0 Å². The lowest BCUT2D eigenvalue weighted by Gasteiger charge is -2.41. The second-order valence-corrected chi connectivity index (χ2v) is 5.47. The molecule has 0 heterocycles. The predicted molar refractivity (Wildman–Crippen MR) is 63.6 cm³/mol. The molecule has 1 saturated carbocycles. The zero-order valence-corrected chi connectivity index (χ0v) is 11.0. The van der Waals surface area contributed by atoms with Crippen LogP contribution in [0.2, 0.25) is 0 Å². The first kappa shape index (κ1) is 16.3. The van der Waals surface area contributed by atoms with Crippen molar-refractivity contribution in [3.05, 3.63) is 0 Å². The Bertz CT molecular complexity index is 317. The largest absolute Gasteiger partial charge is 0.481 e. The third kappa shape index (κ3) is 4.09. The van der Waals surface area contributed by atoms with Crippen LogP contribution in [-0.4, -0.2) is 28.0 Å². The van der Waals surface area contributed by atoms with Gasteiger partial charge in [0.25, 0.3) is 0 Å². The van der Waals surface area contributed by atoms with Gasteiger partial charge in [-0.25, -0.2) is 0 Å². The summed E-state index contributed by atoms with van der Waals surface area (Å²) < 4.78 is 38.2. The van der Waals surface area contributed by atoms with Crippen LogP contribution in [0.1, 0.15) is 51.9 Å². The number of hydrogen-bond donors (Lipinski definition) is 2. The average molecular weight is 282 g/mol. The second-order valence-electron chi connectivity index (χ2n) is 5.47. The van der Waals surface area contributed by atoms with Crippen molar-refractivity contribution in [1.29, 1.82) is 0 Å². The Morgan fingerprint density at radius 1 is 1.47 bits per heavy atom. The summed E-state index contributed by atoms with van der Waals surface area (Å²) in [7, 11) is 0. The molecular weight excluding hydrogens is 261 g/mol. The standard InChI is InChI=1S/C13H21F3O3/c1-2-3-6-10(11(17)18)12(19)7-4-5-9(8-12)13(14,15)16/h9-10,19H,2-8H2,1H3,(H,17,18). The van der Waals surface area contributed by atoms with E-state index in [1.807, 2.05) is 6.92 Å². The lowest BCUT2D eigenvalue weighted by Crippen LogP contribution is -2.48. The van der Waals surface area contributed by atoms with E-state index in [1.165, 1.54) is 0 Å². The molecule has 6 heteroatoms. The number of unbranched alkanes of at least 4 members (excludes halogenated alkanes) is 1. The molecule has 3 nitrogen and oxygen atoms in total. The van der Waals surface area contributed by atoms with Crippen molar-refractivity contribution < 1.29 is 28.2 Å². The molecule has 0 aromatic heterocycles. The smallest absolute Gasteiger partial charge is 0.391 e. The van der Waals surface area contributed by atoms with Crippen molar-refractivity contribution >= 4 is 5.97 Å². The van der Waals surface area contributed by atoms with E-state index in [0.717, 1.165) is 6.42 Å². The van der Waals surface area contributed by atoms with Gasteiger partial charge in [0.1, 0.15) is 0 Å². The van der Waals surface area contributed by atoms with Gasteiger partial charge in [-0.05, 0) is 32.1 Å². The van der Waals surface area contributed by atoms with Crippen molar-refractivity contribution in [2.24, 2.45) is 11.8 Å². The molecule has 3 atom stereocenters. The SMILES string of the molecule is CCCCC(C(=O)O)C1(O)CCCC(C(F)(F)F)C1. The molecule has 112 valence electrons. The maximum absolute atomic E-state index is 12.7. The van der Waals surface area contributed by atoms with Crippen molar-refractivity contribution in [1.82, 2.24) is 0 Å². The summed E-state index contributed by atoms with van der Waals surface area (Å²) in [5.41, 5.74) is -1.72. The molecule has 1 rings (SSSR count). The van der Waals surface area contributed by atoms with E-state index in [4.69, 9.17) is 5.11 Å². The average Bonchev–Trinajstić information content (AvgIpc) is 2.27. The Labute approximate surface area is 110 Å². The molecule has 0 aromatic carbocycles. The Morgan fingerprint density at radius 3 is 2.58 bits per heavy atom. The lowest BCUT2D eigenvalue weighted by molar-refractivity contribution is -0.209. The first-order chi connectivity index (χ1) is 8.70. The molecule has 1 aliphatic carbocycles. The summed E-state index contributed by atoms with van der Waals surface area (Å²) in [6.07, 6.45) is -2.94. The van der Waals surface area contributed by atoms with Gasteiger partial charge in [-0.15, -0.1) is 0 Å². The van der Waals surface area contributed by atoms with Gasteiger partial charge in [-0.1, -0.05) is 19.8 Å². The predicted octanol–water partition coefficient (Wildman–Crippen LogP) is 3.36. The van der Waals surface area contributed by atoms with Gasteiger partial charge in [-0.3, -0.25) is 4.79 Å². The third-order valence-corrected chi connectivity index (χ3v) is 4.02. The number of halogens is 3. The first-order valence-corrected chi connectivity index (χ1v) is 6.72. The minimum atomic E-state index is -4.36. The molecule has 1 fully saturated rings. The quantitative estimate of drug-likeness (QED) is 0.813. The topological polar surface area (TPSA) is 57.5 Å². The highest BCUT2D eigenvalue weighted by Crippen LogP contribution is 2.45. The van der Waals surface area contributed by atoms with Crippen LogP contribution < -0.4 is 0 Å².